The molecule has 152 valence electrons. The Morgan fingerprint density at radius 3 is 2.50 bits per heavy atom. The number of rotatable bonds is 7. The van der Waals surface area contributed by atoms with E-state index >= 15 is 0 Å². The van der Waals surface area contributed by atoms with Crippen molar-refractivity contribution in [1.82, 2.24) is 0 Å². The molecule has 0 unspecified atom stereocenters. The van der Waals surface area contributed by atoms with Gasteiger partial charge in [-0.2, -0.15) is 0 Å². The molecule has 1 aliphatic carbocycles. The molecule has 0 aliphatic heterocycles. The van der Waals surface area contributed by atoms with E-state index in [2.05, 4.69) is 5.32 Å². The highest BCUT2D eigenvalue weighted by Gasteiger charge is 2.16. The third-order valence-electron chi connectivity index (χ3n) is 5.37. The largest absolute Gasteiger partial charge is 0.456 e. The predicted octanol–water partition coefficient (Wildman–Crippen LogP) is 4.47. The van der Waals surface area contributed by atoms with E-state index in [1.54, 1.807) is 6.07 Å². The summed E-state index contributed by atoms with van der Waals surface area (Å²) in [5, 5.41) is 4.81. The summed E-state index contributed by atoms with van der Waals surface area (Å²) in [6.45, 7) is -0.376. The van der Waals surface area contributed by atoms with E-state index in [9.17, 15) is 14.4 Å². The van der Waals surface area contributed by atoms with E-state index in [-0.39, 0.29) is 25.2 Å². The van der Waals surface area contributed by atoms with E-state index in [0.29, 0.717) is 11.3 Å². The van der Waals surface area contributed by atoms with Crippen molar-refractivity contribution in [3.63, 3.8) is 0 Å². The molecule has 0 saturated heterocycles. The summed E-state index contributed by atoms with van der Waals surface area (Å²) < 4.78 is 5.02. The number of Topliss-reactive ketones (excluding diaryl/α,β-unsaturated/α-hetero) is 1. The van der Waals surface area contributed by atoms with E-state index < -0.39 is 11.9 Å². The van der Waals surface area contributed by atoms with Crippen LogP contribution in [0.1, 0.15) is 40.7 Å². The van der Waals surface area contributed by atoms with E-state index in [1.165, 1.54) is 11.1 Å². The van der Waals surface area contributed by atoms with Crippen LogP contribution in [0.5, 0.6) is 0 Å². The molecular formula is C25H23NO4. The van der Waals surface area contributed by atoms with Gasteiger partial charge in [0.2, 0.25) is 0 Å². The van der Waals surface area contributed by atoms with Crippen LogP contribution in [0.2, 0.25) is 0 Å². The fourth-order valence-corrected chi connectivity index (χ4v) is 3.79. The van der Waals surface area contributed by atoms with Crippen molar-refractivity contribution < 1.29 is 19.1 Å². The Bertz CT molecular complexity index is 1120. The van der Waals surface area contributed by atoms with E-state index in [1.807, 2.05) is 54.6 Å². The van der Waals surface area contributed by atoms with Crippen molar-refractivity contribution in [3.05, 3.63) is 77.4 Å². The third kappa shape index (κ3) is 4.74. The molecule has 5 nitrogen and oxygen atoms in total. The summed E-state index contributed by atoms with van der Waals surface area (Å²) in [5.74, 6) is -1.05. The third-order valence-corrected chi connectivity index (χ3v) is 5.37. The molecule has 3 aromatic rings. The first-order valence-corrected chi connectivity index (χ1v) is 10.2. The zero-order valence-electron chi connectivity index (χ0n) is 16.6. The van der Waals surface area contributed by atoms with Crippen LogP contribution in [0, 0.1) is 0 Å². The summed E-state index contributed by atoms with van der Waals surface area (Å²) in [6.07, 6.45) is 3.23. The average molecular weight is 401 g/mol. The second-order valence-electron chi connectivity index (χ2n) is 7.53. The molecule has 5 heteroatoms. The van der Waals surface area contributed by atoms with Crippen molar-refractivity contribution in [2.24, 2.45) is 0 Å². The highest BCUT2D eigenvalue weighted by molar-refractivity contribution is 5.98. The molecule has 3 aromatic carbocycles. The molecule has 0 radical (unpaired) electrons. The van der Waals surface area contributed by atoms with Gasteiger partial charge in [0.15, 0.2) is 12.4 Å². The Morgan fingerprint density at radius 2 is 1.63 bits per heavy atom. The van der Waals surface area contributed by atoms with Gasteiger partial charge in [-0.1, -0.05) is 42.5 Å². The summed E-state index contributed by atoms with van der Waals surface area (Å²) in [5.41, 5.74) is 3.82. The topological polar surface area (TPSA) is 72.5 Å². The first-order chi connectivity index (χ1) is 14.6. The van der Waals surface area contributed by atoms with Crippen LogP contribution in [-0.4, -0.2) is 24.3 Å². The summed E-state index contributed by atoms with van der Waals surface area (Å²) in [4.78, 5) is 36.4. The Hall–Kier alpha value is -3.47. The van der Waals surface area contributed by atoms with Gasteiger partial charge in [0, 0.05) is 17.7 Å². The zero-order valence-corrected chi connectivity index (χ0v) is 16.6. The van der Waals surface area contributed by atoms with Gasteiger partial charge in [0.05, 0.1) is 6.42 Å². The summed E-state index contributed by atoms with van der Waals surface area (Å²) in [7, 11) is 0. The van der Waals surface area contributed by atoms with Gasteiger partial charge >= 0.3 is 5.97 Å². The van der Waals surface area contributed by atoms with Crippen molar-refractivity contribution >= 4 is 34.1 Å². The first-order valence-electron chi connectivity index (χ1n) is 10.2. The molecule has 0 fully saturated rings. The summed E-state index contributed by atoms with van der Waals surface area (Å²) >= 11 is 0. The number of benzene rings is 3. The van der Waals surface area contributed by atoms with Crippen LogP contribution in [0.4, 0.5) is 5.69 Å². The minimum atomic E-state index is -0.557. The maximum atomic E-state index is 12.3. The fourth-order valence-electron chi connectivity index (χ4n) is 3.79. The molecule has 1 amide bonds. The Labute approximate surface area is 175 Å². The molecule has 1 aliphatic rings. The number of aryl methyl sites for hydroxylation is 2. The lowest BCUT2D eigenvalue weighted by atomic mass is 10.0. The molecular weight excluding hydrogens is 378 g/mol. The first kappa shape index (κ1) is 19.8. The van der Waals surface area contributed by atoms with Gasteiger partial charge in [0.25, 0.3) is 5.91 Å². The minimum absolute atomic E-state index is 0.0425. The van der Waals surface area contributed by atoms with Gasteiger partial charge in [-0.15, -0.1) is 0 Å². The second-order valence-corrected chi connectivity index (χ2v) is 7.53. The number of carbonyl (C=O) groups is 3. The van der Waals surface area contributed by atoms with Crippen LogP contribution in [0.25, 0.3) is 10.8 Å². The lowest BCUT2D eigenvalue weighted by Crippen LogP contribution is -2.21. The predicted molar refractivity (Wildman–Crippen MR) is 116 cm³/mol. The highest BCUT2D eigenvalue weighted by atomic mass is 16.5. The Kier molecular flexibility index (Phi) is 5.89. The fraction of sp³-hybridized carbons (Fsp3) is 0.240. The summed E-state index contributed by atoms with van der Waals surface area (Å²) in [6, 6.07) is 19.2. The second kappa shape index (κ2) is 8.91. The number of amides is 1. The number of esters is 1. The molecule has 0 atom stereocenters. The van der Waals surface area contributed by atoms with Crippen LogP contribution in [0.3, 0.4) is 0 Å². The number of ether oxygens (including phenoxy) is 1. The van der Waals surface area contributed by atoms with Crippen LogP contribution >= 0.6 is 0 Å². The molecule has 30 heavy (non-hydrogen) atoms. The number of carbonyl (C=O) groups excluding carboxylic acids is 3. The highest BCUT2D eigenvalue weighted by Crippen LogP contribution is 2.23. The number of nitrogens with one attached hydrogen (secondary N) is 1. The van der Waals surface area contributed by atoms with Crippen LogP contribution in [-0.2, 0) is 27.2 Å². The minimum Gasteiger partial charge on any atom is -0.456 e. The van der Waals surface area contributed by atoms with Gasteiger partial charge in [0.1, 0.15) is 0 Å². The monoisotopic (exact) mass is 401 g/mol. The number of hydrogen-bond donors (Lipinski definition) is 1. The molecule has 0 saturated carbocycles. The number of ketones is 1. The zero-order chi connectivity index (χ0) is 20.9. The lowest BCUT2D eigenvalue weighted by Gasteiger charge is -2.08. The number of fused-ring (bicyclic) bond motifs is 2. The van der Waals surface area contributed by atoms with Crippen molar-refractivity contribution in [2.75, 3.05) is 11.9 Å². The SMILES string of the molecule is O=C(COC(=O)CCC(=O)c1ccc2c(c1)CCC2)Nc1ccc2ccccc2c1. The van der Waals surface area contributed by atoms with Gasteiger partial charge in [-0.3, -0.25) is 14.4 Å². The molecule has 0 bridgehead atoms. The van der Waals surface area contributed by atoms with Gasteiger partial charge in [-0.25, -0.2) is 0 Å². The van der Waals surface area contributed by atoms with Crippen molar-refractivity contribution in [1.29, 1.82) is 0 Å². The van der Waals surface area contributed by atoms with Crippen LogP contribution in [0.15, 0.2) is 60.7 Å². The Balaban J connectivity index is 1.23. The van der Waals surface area contributed by atoms with Crippen molar-refractivity contribution in [3.8, 4) is 0 Å². The smallest absolute Gasteiger partial charge is 0.306 e. The van der Waals surface area contributed by atoms with Crippen molar-refractivity contribution in [2.45, 2.75) is 32.1 Å². The van der Waals surface area contributed by atoms with Gasteiger partial charge < -0.3 is 10.1 Å². The Morgan fingerprint density at radius 1 is 0.833 bits per heavy atom. The normalized spacial score (nSPS) is 12.4. The quantitative estimate of drug-likeness (QED) is 0.468. The van der Waals surface area contributed by atoms with E-state index in [0.717, 1.165) is 30.0 Å². The molecule has 1 N–H and O–H groups in total. The molecule has 4 rings (SSSR count). The number of hydrogen-bond acceptors (Lipinski definition) is 4. The van der Waals surface area contributed by atoms with Crippen LogP contribution < -0.4 is 5.32 Å². The molecule has 0 aromatic heterocycles. The van der Waals surface area contributed by atoms with E-state index in [4.69, 9.17) is 4.74 Å². The maximum absolute atomic E-state index is 12.3. The maximum Gasteiger partial charge on any atom is 0.306 e. The van der Waals surface area contributed by atoms with Gasteiger partial charge in [-0.05, 0) is 59.4 Å². The number of anilines is 1. The molecule has 0 spiro atoms. The standard InChI is InChI=1S/C25H23NO4/c27-23(21-9-8-18-6-3-7-19(18)14-21)12-13-25(29)30-16-24(28)26-22-11-10-17-4-1-2-5-20(17)15-22/h1-2,4-5,8-11,14-15H,3,6-7,12-13,16H2,(H,26,28). The lowest BCUT2D eigenvalue weighted by molar-refractivity contribution is -0.147. The average Bonchev–Trinajstić information content (AvgIpc) is 3.24. The molecule has 0 heterocycles.